The highest BCUT2D eigenvalue weighted by Crippen LogP contribution is 2.43. The fourth-order valence-electron chi connectivity index (χ4n) is 8.60. The third kappa shape index (κ3) is 57.3. The zero-order valence-corrected chi connectivity index (χ0v) is 50.8. The third-order valence-corrected chi connectivity index (χ3v) is 14.3. The van der Waals surface area contributed by atoms with Gasteiger partial charge in [-0.3, -0.25) is 23.4 Å². The number of hydrogen-bond acceptors (Lipinski definition) is 10. The van der Waals surface area contributed by atoms with Gasteiger partial charge in [0.15, 0.2) is 6.10 Å². The van der Waals surface area contributed by atoms with E-state index in [2.05, 4.69) is 106 Å². The molecule has 0 aliphatic carbocycles. The quantitative estimate of drug-likeness (QED) is 0.0197. The Bertz CT molecular complexity index is 1630. The molecule has 11 nitrogen and oxygen atoms in total. The van der Waals surface area contributed by atoms with E-state index in [1.807, 2.05) is 0 Å². The molecule has 0 aromatic heterocycles. The first kappa shape index (κ1) is 74.7. The van der Waals surface area contributed by atoms with Crippen LogP contribution in [0.1, 0.15) is 278 Å². The average Bonchev–Trinajstić information content (AvgIpc) is 3.43. The molecule has 0 saturated carbocycles. The number of phosphoric ester groups is 1. The van der Waals surface area contributed by atoms with Crippen molar-refractivity contribution in [3.8, 4) is 0 Å². The lowest BCUT2D eigenvalue weighted by Gasteiger charge is -2.21. The predicted octanol–water partition coefficient (Wildman–Crippen LogP) is 19.0. The summed E-state index contributed by atoms with van der Waals surface area (Å²) in [6.07, 6.45) is 69.7. The van der Waals surface area contributed by atoms with Crippen LogP contribution in [0.5, 0.6) is 0 Å². The number of ether oxygens (including phenoxy) is 3. The fourth-order valence-corrected chi connectivity index (χ4v) is 9.38. The van der Waals surface area contributed by atoms with Gasteiger partial charge in [0, 0.05) is 19.3 Å². The van der Waals surface area contributed by atoms with E-state index >= 15 is 0 Å². The van der Waals surface area contributed by atoms with Crippen LogP contribution < -0.4 is 0 Å². The molecule has 0 aliphatic rings. The molecule has 0 saturated heterocycles. The molecule has 78 heavy (non-hydrogen) atoms. The molecule has 0 fully saturated rings. The number of allylic oxidation sites excluding steroid dienone is 14. The Morgan fingerprint density at radius 2 is 0.667 bits per heavy atom. The number of carbonyl (C=O) groups is 3. The minimum atomic E-state index is -4.77. The van der Waals surface area contributed by atoms with Crippen LogP contribution in [0.4, 0.5) is 0 Å². The summed E-state index contributed by atoms with van der Waals surface area (Å²) in [6.45, 7) is 4.40. The van der Waals surface area contributed by atoms with Crippen molar-refractivity contribution in [2.45, 2.75) is 290 Å². The van der Waals surface area contributed by atoms with Gasteiger partial charge in [0.05, 0.1) is 19.8 Å². The van der Waals surface area contributed by atoms with Crippen LogP contribution in [0.3, 0.4) is 0 Å². The van der Waals surface area contributed by atoms with Gasteiger partial charge in [-0.25, -0.2) is 4.57 Å². The molecule has 0 radical (unpaired) electrons. The Kier molecular flexibility index (Phi) is 57.2. The maximum Gasteiger partial charge on any atom is 0.472 e. The molecular formula is C66H115O11P. The van der Waals surface area contributed by atoms with Gasteiger partial charge in [-0.2, -0.15) is 0 Å². The van der Waals surface area contributed by atoms with Crippen molar-refractivity contribution in [1.82, 2.24) is 0 Å². The standard InChI is InChI=1S/C66H115O11P/c1-4-7-10-13-16-19-22-25-27-29-31-33-35-38-40-43-46-49-52-55-64(68)73-59-63(77-66(70)57-54-51-48-45-42-39-36-34-32-30-28-26-23-20-17-14-11-8-5-2)61-75-78(71,72)74-60-62(58-67)76-65(69)56-53-50-47-44-41-37-24-21-18-15-12-9-6-3/h8-9,11-12,17-18,20-21,26,28,32,34,37,41,62-63,67H,4-7,10,13-16,19,22-25,27,29-31,33,35-36,38-40,42-61H2,1-3H3,(H,71,72)/b11-8-,12-9-,20-17-,21-18-,28-26-,34-32-,41-37-. The molecule has 3 unspecified atom stereocenters. The van der Waals surface area contributed by atoms with Crippen molar-refractivity contribution in [2.75, 3.05) is 26.4 Å². The lowest BCUT2D eigenvalue weighted by atomic mass is 10.0. The molecule has 0 heterocycles. The monoisotopic (exact) mass is 1110 g/mol. The SMILES string of the molecule is CC/C=C\C/C=C\C/C=C\C/C=C\CCCCCCCCC(=O)OC(COC(=O)CCCCCCCCCCCCCCCCCCCCC)COP(=O)(O)OCC(CO)OC(=O)CCCCC/C=C\C/C=C\C/C=C\CC. The van der Waals surface area contributed by atoms with Crippen LogP contribution in [-0.4, -0.2) is 66.5 Å². The normalized spacial score (nSPS) is 13.9. The zero-order chi connectivity index (χ0) is 56.9. The highest BCUT2D eigenvalue weighted by molar-refractivity contribution is 7.47. The van der Waals surface area contributed by atoms with Crippen molar-refractivity contribution in [1.29, 1.82) is 0 Å². The molecule has 0 amide bonds. The fraction of sp³-hybridized carbons (Fsp3) is 0.742. The van der Waals surface area contributed by atoms with Gasteiger partial charge in [-0.05, 0) is 89.9 Å². The van der Waals surface area contributed by atoms with Crippen LogP contribution in [0, 0.1) is 0 Å². The maximum absolute atomic E-state index is 12.9. The molecule has 0 bridgehead atoms. The Morgan fingerprint density at radius 1 is 0.372 bits per heavy atom. The van der Waals surface area contributed by atoms with E-state index in [-0.39, 0.29) is 25.9 Å². The lowest BCUT2D eigenvalue weighted by Crippen LogP contribution is -2.30. The van der Waals surface area contributed by atoms with Crippen molar-refractivity contribution in [3.05, 3.63) is 85.1 Å². The first-order chi connectivity index (χ1) is 38.2. The molecule has 0 rings (SSSR count). The van der Waals surface area contributed by atoms with E-state index in [1.165, 1.54) is 96.3 Å². The van der Waals surface area contributed by atoms with Gasteiger partial charge in [0.2, 0.25) is 0 Å². The van der Waals surface area contributed by atoms with Gasteiger partial charge in [0.25, 0.3) is 0 Å². The van der Waals surface area contributed by atoms with E-state index in [0.717, 1.165) is 122 Å². The zero-order valence-electron chi connectivity index (χ0n) is 49.9. The molecule has 0 aromatic carbocycles. The highest BCUT2D eigenvalue weighted by Gasteiger charge is 2.28. The molecule has 0 aromatic rings. The summed E-state index contributed by atoms with van der Waals surface area (Å²) in [7, 11) is -4.77. The van der Waals surface area contributed by atoms with E-state index in [0.29, 0.717) is 19.3 Å². The third-order valence-electron chi connectivity index (χ3n) is 13.3. The van der Waals surface area contributed by atoms with Gasteiger partial charge < -0.3 is 24.2 Å². The second-order valence-corrected chi connectivity index (χ2v) is 22.3. The van der Waals surface area contributed by atoms with Crippen LogP contribution >= 0.6 is 7.82 Å². The number of esters is 3. The van der Waals surface area contributed by atoms with Gasteiger partial charge in [-0.1, -0.05) is 254 Å². The number of rotatable bonds is 58. The summed E-state index contributed by atoms with van der Waals surface area (Å²) in [6, 6.07) is 0. The van der Waals surface area contributed by atoms with Gasteiger partial charge >= 0.3 is 25.7 Å². The van der Waals surface area contributed by atoms with E-state index in [1.54, 1.807) is 0 Å². The minimum Gasteiger partial charge on any atom is -0.462 e. The molecule has 2 N–H and O–H groups in total. The second kappa shape index (κ2) is 59.8. The summed E-state index contributed by atoms with van der Waals surface area (Å²) in [5.41, 5.74) is 0. The number of unbranched alkanes of at least 4 members (excludes halogenated alkanes) is 27. The summed E-state index contributed by atoms with van der Waals surface area (Å²) in [5, 5.41) is 9.82. The molecule has 0 spiro atoms. The number of hydrogen-bond donors (Lipinski definition) is 2. The Balaban J connectivity index is 4.74. The average molecular weight is 1120 g/mol. The first-order valence-corrected chi connectivity index (χ1v) is 33.0. The Labute approximate surface area is 477 Å². The number of aliphatic hydroxyl groups is 1. The summed E-state index contributed by atoms with van der Waals surface area (Å²) < 4.78 is 39.6. The highest BCUT2D eigenvalue weighted by atomic mass is 31.2. The largest absolute Gasteiger partial charge is 0.472 e. The van der Waals surface area contributed by atoms with Gasteiger partial charge in [0.1, 0.15) is 12.7 Å². The second-order valence-electron chi connectivity index (χ2n) is 20.8. The molecule has 3 atom stereocenters. The summed E-state index contributed by atoms with van der Waals surface area (Å²) in [5.74, 6) is -1.50. The van der Waals surface area contributed by atoms with Crippen molar-refractivity contribution < 1.29 is 52.2 Å². The topological polar surface area (TPSA) is 155 Å². The van der Waals surface area contributed by atoms with E-state index in [9.17, 15) is 28.9 Å². The van der Waals surface area contributed by atoms with Gasteiger partial charge in [-0.15, -0.1) is 0 Å². The van der Waals surface area contributed by atoms with Crippen LogP contribution in [0.25, 0.3) is 0 Å². The van der Waals surface area contributed by atoms with Crippen molar-refractivity contribution >= 4 is 25.7 Å². The van der Waals surface area contributed by atoms with Crippen LogP contribution in [-0.2, 0) is 42.2 Å². The van der Waals surface area contributed by atoms with Crippen molar-refractivity contribution in [3.63, 3.8) is 0 Å². The smallest absolute Gasteiger partial charge is 0.462 e. The Hall–Kier alpha value is -3.34. The first-order valence-electron chi connectivity index (χ1n) is 31.5. The number of phosphoric acid groups is 1. The molecule has 450 valence electrons. The van der Waals surface area contributed by atoms with Crippen LogP contribution in [0.2, 0.25) is 0 Å². The van der Waals surface area contributed by atoms with Crippen LogP contribution in [0.15, 0.2) is 85.1 Å². The molecule has 0 aliphatic heterocycles. The van der Waals surface area contributed by atoms with Crippen molar-refractivity contribution in [2.24, 2.45) is 0 Å². The van der Waals surface area contributed by atoms with E-state index < -0.39 is 57.8 Å². The van der Waals surface area contributed by atoms with E-state index in [4.69, 9.17) is 23.3 Å². The maximum atomic E-state index is 12.9. The summed E-state index contributed by atoms with van der Waals surface area (Å²) >= 11 is 0. The lowest BCUT2D eigenvalue weighted by molar-refractivity contribution is -0.161. The predicted molar refractivity (Wildman–Crippen MR) is 325 cm³/mol. The number of aliphatic hydroxyl groups excluding tert-OH is 1. The summed E-state index contributed by atoms with van der Waals surface area (Å²) in [4.78, 5) is 48.7. The molecular weight excluding hydrogens is 1000 g/mol. The Morgan fingerprint density at radius 3 is 1.04 bits per heavy atom. The number of carbonyl (C=O) groups excluding carboxylic acids is 3. The molecule has 12 heteroatoms. The minimum absolute atomic E-state index is 0.139.